The van der Waals surface area contributed by atoms with Crippen LogP contribution in [0.5, 0.6) is 0 Å². The first-order chi connectivity index (χ1) is 13.1. The fourth-order valence-electron chi connectivity index (χ4n) is 3.25. The molecule has 2 heterocycles. The van der Waals surface area contributed by atoms with E-state index in [9.17, 15) is 5.11 Å². The number of ether oxygens (including phenoxy) is 3. The zero-order chi connectivity index (χ0) is 19.4. The van der Waals surface area contributed by atoms with Crippen molar-refractivity contribution in [1.82, 2.24) is 15.5 Å². The number of hydrogen-bond acceptors (Lipinski definition) is 6. The van der Waals surface area contributed by atoms with Crippen molar-refractivity contribution < 1.29 is 19.3 Å². The van der Waals surface area contributed by atoms with Crippen LogP contribution in [0.25, 0.3) is 0 Å². The molecular formula is C19H39IN4O4. The molecule has 0 spiro atoms. The predicted octanol–water partition coefficient (Wildman–Crippen LogP) is 0.828. The Morgan fingerprint density at radius 2 is 2.07 bits per heavy atom. The average molecular weight is 514 g/mol. The summed E-state index contributed by atoms with van der Waals surface area (Å²) in [6, 6.07) is 0. The Hall–Kier alpha value is -0.200. The lowest BCUT2D eigenvalue weighted by Crippen LogP contribution is -2.48. The van der Waals surface area contributed by atoms with Gasteiger partial charge in [-0.05, 0) is 33.1 Å². The molecule has 2 rings (SSSR count). The van der Waals surface area contributed by atoms with Crippen LogP contribution < -0.4 is 10.6 Å². The number of hydrogen-bond donors (Lipinski definition) is 3. The van der Waals surface area contributed by atoms with Crippen LogP contribution in [0.4, 0.5) is 0 Å². The normalized spacial score (nSPS) is 23.1. The van der Waals surface area contributed by atoms with Gasteiger partial charge in [0.2, 0.25) is 0 Å². The number of aliphatic imine (C=N–C) groups is 1. The topological polar surface area (TPSA) is 87.6 Å². The lowest BCUT2D eigenvalue weighted by atomic mass is 10.1. The highest BCUT2D eigenvalue weighted by molar-refractivity contribution is 14.0. The quantitative estimate of drug-likeness (QED) is 0.163. The van der Waals surface area contributed by atoms with E-state index >= 15 is 0 Å². The molecule has 0 radical (unpaired) electrons. The number of morpholine rings is 1. The van der Waals surface area contributed by atoms with E-state index in [4.69, 9.17) is 14.2 Å². The van der Waals surface area contributed by atoms with E-state index in [0.29, 0.717) is 26.3 Å². The van der Waals surface area contributed by atoms with Gasteiger partial charge < -0.3 is 30.0 Å². The Bertz CT molecular complexity index is 428. The Kier molecular flexibility index (Phi) is 13.6. The summed E-state index contributed by atoms with van der Waals surface area (Å²) in [6.45, 7) is 11.9. The molecule has 28 heavy (non-hydrogen) atoms. The number of aliphatic hydroxyl groups is 1. The fraction of sp³-hybridized carbons (Fsp3) is 0.947. The van der Waals surface area contributed by atoms with Crippen molar-refractivity contribution in [2.45, 2.75) is 44.8 Å². The zero-order valence-electron chi connectivity index (χ0n) is 17.5. The van der Waals surface area contributed by atoms with E-state index in [1.54, 1.807) is 0 Å². The van der Waals surface area contributed by atoms with Crippen molar-refractivity contribution in [3.63, 3.8) is 0 Å². The van der Waals surface area contributed by atoms with Gasteiger partial charge in [0.05, 0.1) is 38.1 Å². The van der Waals surface area contributed by atoms with Gasteiger partial charge in [-0.3, -0.25) is 9.89 Å². The van der Waals surface area contributed by atoms with Gasteiger partial charge in [0.25, 0.3) is 0 Å². The molecule has 0 saturated carbocycles. The number of nitrogens with one attached hydrogen (secondary N) is 2. The number of rotatable bonds is 11. The van der Waals surface area contributed by atoms with Crippen molar-refractivity contribution in [3.05, 3.63) is 0 Å². The highest BCUT2D eigenvalue weighted by Gasteiger charge is 2.25. The van der Waals surface area contributed by atoms with Gasteiger partial charge in [-0.1, -0.05) is 0 Å². The summed E-state index contributed by atoms with van der Waals surface area (Å²) >= 11 is 0. The first-order valence-electron chi connectivity index (χ1n) is 10.3. The molecule has 0 aromatic rings. The highest BCUT2D eigenvalue weighted by Crippen LogP contribution is 2.12. The molecule has 166 valence electrons. The van der Waals surface area contributed by atoms with Crippen LogP contribution in [0.15, 0.2) is 4.99 Å². The van der Waals surface area contributed by atoms with Gasteiger partial charge in [0.15, 0.2) is 5.96 Å². The second kappa shape index (κ2) is 14.7. The summed E-state index contributed by atoms with van der Waals surface area (Å²) in [5, 5.41) is 17.2. The summed E-state index contributed by atoms with van der Waals surface area (Å²) < 4.78 is 16.6. The molecule has 0 aliphatic carbocycles. The molecule has 0 aromatic carbocycles. The molecule has 8 nitrogen and oxygen atoms in total. The smallest absolute Gasteiger partial charge is 0.191 e. The van der Waals surface area contributed by atoms with Crippen molar-refractivity contribution >= 4 is 29.9 Å². The monoisotopic (exact) mass is 514 g/mol. The minimum absolute atomic E-state index is 0. The molecule has 0 bridgehead atoms. The lowest BCUT2D eigenvalue weighted by Gasteiger charge is -2.33. The van der Waals surface area contributed by atoms with E-state index in [1.165, 1.54) is 0 Å². The SMILES string of the molecule is CCNC(=NCC(C)(O)CN1CCOCC1)NCCCOCC1CCCO1.I. The van der Waals surface area contributed by atoms with Gasteiger partial charge in [-0.25, -0.2) is 0 Å². The van der Waals surface area contributed by atoms with Crippen LogP contribution >= 0.6 is 24.0 Å². The Balaban J connectivity index is 0.00000392. The summed E-state index contributed by atoms with van der Waals surface area (Å²) in [4.78, 5) is 6.78. The molecule has 2 aliphatic rings. The molecule has 0 amide bonds. The second-order valence-electron chi connectivity index (χ2n) is 7.57. The highest BCUT2D eigenvalue weighted by atomic mass is 127. The summed E-state index contributed by atoms with van der Waals surface area (Å²) in [6.07, 6.45) is 3.44. The van der Waals surface area contributed by atoms with Crippen molar-refractivity contribution in [1.29, 1.82) is 0 Å². The maximum Gasteiger partial charge on any atom is 0.191 e. The second-order valence-corrected chi connectivity index (χ2v) is 7.57. The molecule has 0 aromatic heterocycles. The van der Waals surface area contributed by atoms with Crippen LogP contribution in [0.3, 0.4) is 0 Å². The van der Waals surface area contributed by atoms with E-state index in [1.807, 2.05) is 13.8 Å². The minimum Gasteiger partial charge on any atom is -0.387 e. The third kappa shape index (κ3) is 11.1. The van der Waals surface area contributed by atoms with Crippen LogP contribution in [0.1, 0.15) is 33.1 Å². The molecule has 2 fully saturated rings. The molecule has 2 saturated heterocycles. The molecule has 2 atom stereocenters. The van der Waals surface area contributed by atoms with Crippen LogP contribution in [-0.2, 0) is 14.2 Å². The Morgan fingerprint density at radius 1 is 1.29 bits per heavy atom. The van der Waals surface area contributed by atoms with E-state index in [-0.39, 0.29) is 30.1 Å². The van der Waals surface area contributed by atoms with Gasteiger partial charge in [-0.15, -0.1) is 24.0 Å². The zero-order valence-corrected chi connectivity index (χ0v) is 19.8. The van der Waals surface area contributed by atoms with Gasteiger partial charge in [0.1, 0.15) is 0 Å². The Morgan fingerprint density at radius 3 is 2.75 bits per heavy atom. The third-order valence-corrected chi connectivity index (χ3v) is 4.68. The molecule has 2 unspecified atom stereocenters. The van der Waals surface area contributed by atoms with Gasteiger partial charge >= 0.3 is 0 Å². The first-order valence-corrected chi connectivity index (χ1v) is 10.3. The fourth-order valence-corrected chi connectivity index (χ4v) is 3.25. The van der Waals surface area contributed by atoms with Gasteiger partial charge in [-0.2, -0.15) is 0 Å². The average Bonchev–Trinajstić information content (AvgIpc) is 3.16. The summed E-state index contributed by atoms with van der Waals surface area (Å²) in [7, 11) is 0. The van der Waals surface area contributed by atoms with Crippen molar-refractivity contribution in [2.24, 2.45) is 4.99 Å². The van der Waals surface area contributed by atoms with E-state index in [2.05, 4.69) is 20.5 Å². The molecule has 2 aliphatic heterocycles. The first kappa shape index (κ1) is 25.8. The van der Waals surface area contributed by atoms with Crippen molar-refractivity contribution in [3.8, 4) is 0 Å². The lowest BCUT2D eigenvalue weighted by molar-refractivity contribution is -0.0180. The van der Waals surface area contributed by atoms with E-state index < -0.39 is 5.60 Å². The number of nitrogens with zero attached hydrogens (tertiary/aromatic N) is 2. The standard InChI is InChI=1S/C19H38N4O4.HI/c1-3-20-18(21-7-5-10-26-14-17-6-4-11-27-17)22-15-19(2,24)16-23-8-12-25-13-9-23;/h17,24H,3-16H2,1-2H3,(H2,20,21,22);1H. The van der Waals surface area contributed by atoms with Crippen LogP contribution in [0.2, 0.25) is 0 Å². The summed E-state index contributed by atoms with van der Waals surface area (Å²) in [5.41, 5.74) is -0.857. The molecular weight excluding hydrogens is 475 g/mol. The molecule has 9 heteroatoms. The number of guanidine groups is 1. The maximum absolute atomic E-state index is 10.7. The third-order valence-electron chi connectivity index (χ3n) is 4.68. The minimum atomic E-state index is -0.857. The van der Waals surface area contributed by atoms with Crippen LogP contribution in [-0.4, -0.2) is 100.0 Å². The largest absolute Gasteiger partial charge is 0.387 e. The van der Waals surface area contributed by atoms with Crippen molar-refractivity contribution in [2.75, 3.05) is 72.3 Å². The predicted molar refractivity (Wildman–Crippen MR) is 122 cm³/mol. The number of β-amino-alcohol motifs (C(OH)–C–C–N with tert-alkyl or cyclic N) is 1. The summed E-state index contributed by atoms with van der Waals surface area (Å²) in [5.74, 6) is 0.735. The Labute approximate surface area is 186 Å². The maximum atomic E-state index is 10.7. The van der Waals surface area contributed by atoms with Crippen LogP contribution in [0, 0.1) is 0 Å². The number of halogens is 1. The van der Waals surface area contributed by atoms with E-state index in [0.717, 1.165) is 71.2 Å². The molecule has 3 N–H and O–H groups in total. The van der Waals surface area contributed by atoms with Gasteiger partial charge in [0, 0.05) is 45.9 Å².